The third kappa shape index (κ3) is 3.60. The summed E-state index contributed by atoms with van der Waals surface area (Å²) in [4.78, 5) is 26.7. The van der Waals surface area contributed by atoms with Gasteiger partial charge in [-0.1, -0.05) is 17.7 Å². The SMILES string of the molecule is Cc1ccc(S(=O)(=O)N2CC[NH+]([C@@H](C)C(=O)N3CCNC3=O)CC2)cc1. The van der Waals surface area contributed by atoms with Gasteiger partial charge in [0.2, 0.25) is 10.0 Å². The average molecular weight is 381 g/mol. The van der Waals surface area contributed by atoms with Gasteiger partial charge in [-0.2, -0.15) is 4.31 Å². The smallest absolute Gasteiger partial charge is 0.324 e. The Morgan fingerprint density at radius 3 is 2.31 bits per heavy atom. The fourth-order valence-electron chi connectivity index (χ4n) is 3.40. The number of aryl methyl sites for hydroxylation is 1. The molecule has 142 valence electrons. The number of sulfonamides is 1. The van der Waals surface area contributed by atoms with Crippen molar-refractivity contribution in [3.63, 3.8) is 0 Å². The molecule has 0 saturated carbocycles. The van der Waals surface area contributed by atoms with Crippen molar-refractivity contribution in [3.05, 3.63) is 29.8 Å². The second-order valence-corrected chi connectivity index (χ2v) is 8.76. The van der Waals surface area contributed by atoms with Crippen LogP contribution in [0, 0.1) is 6.92 Å². The Bertz CT molecular complexity index is 785. The summed E-state index contributed by atoms with van der Waals surface area (Å²) in [6.45, 7) is 6.37. The van der Waals surface area contributed by atoms with Crippen molar-refractivity contribution in [1.29, 1.82) is 0 Å². The third-order valence-electron chi connectivity index (χ3n) is 5.13. The first-order chi connectivity index (χ1) is 12.3. The highest BCUT2D eigenvalue weighted by molar-refractivity contribution is 7.89. The lowest BCUT2D eigenvalue weighted by Crippen LogP contribution is -3.19. The maximum absolute atomic E-state index is 12.7. The van der Waals surface area contributed by atoms with Gasteiger partial charge in [0.25, 0.3) is 5.91 Å². The van der Waals surface area contributed by atoms with Gasteiger partial charge in [-0.3, -0.25) is 9.69 Å². The molecule has 2 fully saturated rings. The molecule has 9 heteroatoms. The first-order valence-corrected chi connectivity index (χ1v) is 10.3. The molecule has 0 spiro atoms. The van der Waals surface area contributed by atoms with E-state index in [0.717, 1.165) is 10.5 Å². The van der Waals surface area contributed by atoms with Crippen LogP contribution in [0.4, 0.5) is 4.79 Å². The largest absolute Gasteiger partial charge is 0.336 e. The highest BCUT2D eigenvalue weighted by Crippen LogP contribution is 2.16. The Hall–Kier alpha value is -1.97. The summed E-state index contributed by atoms with van der Waals surface area (Å²) in [6.07, 6.45) is 0. The predicted octanol–water partition coefficient (Wildman–Crippen LogP) is -1.18. The molecule has 1 aromatic rings. The summed E-state index contributed by atoms with van der Waals surface area (Å²) in [6, 6.07) is 6.11. The van der Waals surface area contributed by atoms with E-state index in [9.17, 15) is 18.0 Å². The lowest BCUT2D eigenvalue weighted by Gasteiger charge is -2.34. The summed E-state index contributed by atoms with van der Waals surface area (Å²) in [7, 11) is -3.51. The second kappa shape index (κ2) is 7.34. The normalized spacial score (nSPS) is 20.8. The first-order valence-electron chi connectivity index (χ1n) is 8.81. The summed E-state index contributed by atoms with van der Waals surface area (Å²) >= 11 is 0. The van der Waals surface area contributed by atoms with E-state index in [1.54, 1.807) is 31.2 Å². The minimum atomic E-state index is -3.51. The number of rotatable bonds is 4. The van der Waals surface area contributed by atoms with Crippen LogP contribution in [0.25, 0.3) is 0 Å². The minimum Gasteiger partial charge on any atom is -0.336 e. The quantitative estimate of drug-likeness (QED) is 0.687. The summed E-state index contributed by atoms with van der Waals surface area (Å²) in [5, 5.41) is 2.63. The molecule has 26 heavy (non-hydrogen) atoms. The van der Waals surface area contributed by atoms with E-state index in [-0.39, 0.29) is 18.0 Å². The lowest BCUT2D eigenvalue weighted by atomic mass is 10.2. The van der Waals surface area contributed by atoms with Crippen molar-refractivity contribution < 1.29 is 22.9 Å². The van der Waals surface area contributed by atoms with Gasteiger partial charge in [0.1, 0.15) is 0 Å². The molecule has 2 aliphatic rings. The summed E-state index contributed by atoms with van der Waals surface area (Å²) in [5.74, 6) is -0.204. The van der Waals surface area contributed by atoms with E-state index in [2.05, 4.69) is 5.32 Å². The Labute approximate surface area is 153 Å². The van der Waals surface area contributed by atoms with Crippen molar-refractivity contribution in [3.8, 4) is 0 Å². The van der Waals surface area contributed by atoms with E-state index in [4.69, 9.17) is 0 Å². The predicted molar refractivity (Wildman–Crippen MR) is 95.2 cm³/mol. The molecular formula is C17H25N4O4S+. The molecular weight excluding hydrogens is 356 g/mol. The maximum Gasteiger partial charge on any atom is 0.324 e. The Balaban J connectivity index is 1.62. The third-order valence-corrected chi connectivity index (χ3v) is 7.04. The first kappa shape index (κ1) is 18.8. The van der Waals surface area contributed by atoms with Crippen LogP contribution in [-0.2, 0) is 14.8 Å². The number of benzene rings is 1. The van der Waals surface area contributed by atoms with Crippen LogP contribution in [-0.4, -0.2) is 74.9 Å². The Morgan fingerprint density at radius 2 is 1.77 bits per heavy atom. The second-order valence-electron chi connectivity index (χ2n) is 6.82. The zero-order valence-corrected chi connectivity index (χ0v) is 15.9. The number of hydrogen-bond acceptors (Lipinski definition) is 4. The fraction of sp³-hybridized carbons (Fsp3) is 0.529. The van der Waals surface area contributed by atoms with Gasteiger partial charge in [0.05, 0.1) is 31.1 Å². The van der Waals surface area contributed by atoms with Gasteiger partial charge >= 0.3 is 6.03 Å². The van der Waals surface area contributed by atoms with Crippen molar-refractivity contribution >= 4 is 22.0 Å². The number of hydrogen-bond donors (Lipinski definition) is 2. The lowest BCUT2D eigenvalue weighted by molar-refractivity contribution is -0.917. The highest BCUT2D eigenvalue weighted by Gasteiger charge is 2.38. The van der Waals surface area contributed by atoms with Crippen molar-refractivity contribution in [2.24, 2.45) is 0 Å². The average Bonchev–Trinajstić information content (AvgIpc) is 3.07. The van der Waals surface area contributed by atoms with E-state index in [1.165, 1.54) is 9.21 Å². The highest BCUT2D eigenvalue weighted by atomic mass is 32.2. The van der Waals surface area contributed by atoms with Gasteiger partial charge in [0.15, 0.2) is 6.04 Å². The molecule has 8 nitrogen and oxygen atoms in total. The van der Waals surface area contributed by atoms with Gasteiger partial charge in [-0.15, -0.1) is 0 Å². The molecule has 3 rings (SSSR count). The number of carbonyl (C=O) groups excluding carboxylic acids is 2. The van der Waals surface area contributed by atoms with E-state index in [1.807, 2.05) is 6.92 Å². The number of quaternary nitrogens is 1. The Kier molecular flexibility index (Phi) is 5.31. The van der Waals surface area contributed by atoms with Crippen LogP contribution >= 0.6 is 0 Å². The standard InChI is InChI=1S/C17H24N4O4S/c1-13-3-5-15(6-4-13)26(24,25)20-11-9-19(10-12-20)14(2)16(22)21-8-7-18-17(21)23/h3-6,14H,7-12H2,1-2H3,(H,18,23)/p+1/t14-/m0/s1. The molecule has 3 amide bonds. The van der Waals surface area contributed by atoms with Crippen LogP contribution in [0.2, 0.25) is 0 Å². The van der Waals surface area contributed by atoms with Crippen LogP contribution in [0.3, 0.4) is 0 Å². The zero-order chi connectivity index (χ0) is 18.9. The van der Waals surface area contributed by atoms with Crippen LogP contribution in [0.5, 0.6) is 0 Å². The molecule has 1 atom stereocenters. The molecule has 0 aromatic heterocycles. The van der Waals surface area contributed by atoms with Crippen LogP contribution in [0.15, 0.2) is 29.2 Å². The molecule has 0 radical (unpaired) electrons. The van der Waals surface area contributed by atoms with Crippen LogP contribution < -0.4 is 10.2 Å². The number of piperazine rings is 1. The van der Waals surface area contributed by atoms with E-state index in [0.29, 0.717) is 44.2 Å². The van der Waals surface area contributed by atoms with Crippen LogP contribution in [0.1, 0.15) is 12.5 Å². The molecule has 2 aliphatic heterocycles. The molecule has 1 aromatic carbocycles. The molecule has 2 saturated heterocycles. The molecule has 2 N–H and O–H groups in total. The van der Waals surface area contributed by atoms with Crippen molar-refractivity contribution in [2.45, 2.75) is 24.8 Å². The number of carbonyl (C=O) groups is 2. The maximum atomic E-state index is 12.7. The number of urea groups is 1. The summed E-state index contributed by atoms with van der Waals surface area (Å²) < 4.78 is 27.0. The van der Waals surface area contributed by atoms with Gasteiger partial charge in [-0.05, 0) is 26.0 Å². The summed E-state index contributed by atoms with van der Waals surface area (Å²) in [5.41, 5.74) is 1.01. The molecule has 0 aliphatic carbocycles. The van der Waals surface area contributed by atoms with Crippen molar-refractivity contribution in [2.75, 3.05) is 39.3 Å². The van der Waals surface area contributed by atoms with Gasteiger partial charge < -0.3 is 10.2 Å². The van der Waals surface area contributed by atoms with Gasteiger partial charge in [0, 0.05) is 13.1 Å². The minimum absolute atomic E-state index is 0.204. The fourth-order valence-corrected chi connectivity index (χ4v) is 4.84. The molecule has 0 unspecified atom stereocenters. The van der Waals surface area contributed by atoms with E-state index < -0.39 is 10.0 Å². The number of amides is 3. The Morgan fingerprint density at radius 1 is 1.15 bits per heavy atom. The number of imide groups is 1. The zero-order valence-electron chi connectivity index (χ0n) is 15.1. The molecule has 0 bridgehead atoms. The molecule has 2 heterocycles. The number of nitrogens with one attached hydrogen (secondary N) is 2. The topological polar surface area (TPSA) is 91.2 Å². The number of nitrogens with zero attached hydrogens (tertiary/aromatic N) is 2. The van der Waals surface area contributed by atoms with E-state index >= 15 is 0 Å². The van der Waals surface area contributed by atoms with Crippen molar-refractivity contribution in [1.82, 2.24) is 14.5 Å². The van der Waals surface area contributed by atoms with Gasteiger partial charge in [-0.25, -0.2) is 13.2 Å². The monoisotopic (exact) mass is 381 g/mol.